The minimum Gasteiger partial charge on any atom is -0.508 e. The van der Waals surface area contributed by atoms with Crippen LogP contribution < -0.4 is 0 Å². The first-order valence-corrected chi connectivity index (χ1v) is 15.0. The maximum Gasteiger partial charge on any atom is 0.211 e. The lowest BCUT2D eigenvalue weighted by molar-refractivity contribution is 0.0368. The summed E-state index contributed by atoms with van der Waals surface area (Å²) < 4.78 is 33.8. The van der Waals surface area contributed by atoms with E-state index in [1.807, 2.05) is 18.2 Å². The van der Waals surface area contributed by atoms with Crippen molar-refractivity contribution in [2.24, 2.45) is 0 Å². The molecule has 8 nitrogen and oxygen atoms in total. The Morgan fingerprint density at radius 1 is 1.08 bits per heavy atom. The summed E-state index contributed by atoms with van der Waals surface area (Å²) in [5, 5.41) is 15.2. The van der Waals surface area contributed by atoms with Crippen LogP contribution in [0.3, 0.4) is 0 Å². The van der Waals surface area contributed by atoms with Crippen molar-refractivity contribution in [2.75, 3.05) is 45.6 Å². The van der Waals surface area contributed by atoms with Crippen LogP contribution in [0.5, 0.6) is 5.75 Å². The van der Waals surface area contributed by atoms with Gasteiger partial charge in [-0.2, -0.15) is 9.40 Å². The van der Waals surface area contributed by atoms with E-state index in [0.717, 1.165) is 68.3 Å². The third-order valence-corrected chi connectivity index (χ3v) is 8.52. The molecule has 38 heavy (non-hydrogen) atoms. The van der Waals surface area contributed by atoms with E-state index in [2.05, 4.69) is 21.4 Å². The summed E-state index contributed by atoms with van der Waals surface area (Å²) in [5.74, 6) is 6.31. The molecule has 1 saturated heterocycles. The van der Waals surface area contributed by atoms with Gasteiger partial charge in [-0.3, -0.25) is 9.58 Å². The van der Waals surface area contributed by atoms with Crippen molar-refractivity contribution in [3.63, 3.8) is 0 Å². The third-order valence-electron chi connectivity index (χ3n) is 6.94. The van der Waals surface area contributed by atoms with Crippen LogP contribution in [0.4, 0.5) is 0 Å². The molecule has 0 radical (unpaired) electrons. The molecule has 2 aliphatic rings. The summed E-state index contributed by atoms with van der Waals surface area (Å²) in [7, 11) is -3.33. The van der Waals surface area contributed by atoms with Crippen molar-refractivity contribution in [1.29, 1.82) is 0 Å². The first-order chi connectivity index (χ1) is 18.3. The van der Waals surface area contributed by atoms with E-state index in [1.54, 1.807) is 24.3 Å². The highest BCUT2D eigenvalue weighted by Crippen LogP contribution is 2.33. The molecule has 2 aromatic carbocycles. The molecule has 0 unspecified atom stereocenters. The molecule has 3 aromatic rings. The highest BCUT2D eigenvalue weighted by Gasteiger charge is 2.30. The summed E-state index contributed by atoms with van der Waals surface area (Å²) in [6, 6.07) is 12.4. The molecule has 0 bridgehead atoms. The largest absolute Gasteiger partial charge is 0.508 e. The number of aromatic nitrogens is 2. The summed E-state index contributed by atoms with van der Waals surface area (Å²) in [4.78, 5) is 2.41. The number of benzene rings is 2. The highest BCUT2D eigenvalue weighted by molar-refractivity contribution is 7.88. The summed E-state index contributed by atoms with van der Waals surface area (Å²) in [5.41, 5.74) is 4.94. The van der Waals surface area contributed by atoms with Crippen LogP contribution in [0.25, 0.3) is 11.3 Å². The fourth-order valence-electron chi connectivity index (χ4n) is 4.93. The second-order valence-corrected chi connectivity index (χ2v) is 12.0. The van der Waals surface area contributed by atoms with Crippen molar-refractivity contribution >= 4 is 21.6 Å². The number of aromatic hydroxyl groups is 1. The fraction of sp³-hybridized carbons (Fsp3) is 0.393. The minimum absolute atomic E-state index is 0.151. The molecule has 0 atom stereocenters. The number of fused-ring (bicyclic) bond motifs is 1. The molecular formula is C28H31ClN4O4S. The molecule has 1 N–H and O–H groups in total. The van der Waals surface area contributed by atoms with E-state index < -0.39 is 10.0 Å². The summed E-state index contributed by atoms with van der Waals surface area (Å²) in [6.45, 7) is 5.91. The normalized spacial score (nSPS) is 16.6. The SMILES string of the molecule is CS(=O)(=O)N1CCc2c(c(-c3ccc(Cl)c(C#Cc4cccc(O)c4)c3)nn2CCCN2CCOCC2)C1. The molecule has 1 aromatic heterocycles. The van der Waals surface area contributed by atoms with Gasteiger partial charge in [-0.25, -0.2) is 8.42 Å². The highest BCUT2D eigenvalue weighted by atomic mass is 35.5. The van der Waals surface area contributed by atoms with Crippen LogP contribution >= 0.6 is 11.6 Å². The van der Waals surface area contributed by atoms with Gasteiger partial charge in [0.15, 0.2) is 0 Å². The van der Waals surface area contributed by atoms with Gasteiger partial charge in [0.05, 0.1) is 30.2 Å². The van der Waals surface area contributed by atoms with E-state index in [-0.39, 0.29) is 5.75 Å². The molecule has 10 heteroatoms. The predicted molar refractivity (Wildman–Crippen MR) is 148 cm³/mol. The monoisotopic (exact) mass is 554 g/mol. The Hall–Kier alpha value is -2.87. The van der Waals surface area contributed by atoms with Crippen molar-refractivity contribution in [3.05, 3.63) is 69.9 Å². The van der Waals surface area contributed by atoms with Gasteiger partial charge in [0, 0.05) is 73.6 Å². The predicted octanol–water partition coefficient (Wildman–Crippen LogP) is 3.35. The Bertz CT molecular complexity index is 1490. The van der Waals surface area contributed by atoms with Crippen LogP contribution in [0, 0.1) is 11.8 Å². The molecule has 0 spiro atoms. The van der Waals surface area contributed by atoms with Crippen LogP contribution in [0.1, 0.15) is 28.8 Å². The molecule has 0 saturated carbocycles. The van der Waals surface area contributed by atoms with Crippen molar-refractivity contribution < 1.29 is 18.3 Å². The Morgan fingerprint density at radius 3 is 2.66 bits per heavy atom. The fourth-order valence-corrected chi connectivity index (χ4v) is 5.88. The smallest absolute Gasteiger partial charge is 0.211 e. The lowest BCUT2D eigenvalue weighted by atomic mass is 10.0. The Kier molecular flexibility index (Phi) is 8.07. The van der Waals surface area contributed by atoms with Gasteiger partial charge in [0.1, 0.15) is 5.75 Å². The van der Waals surface area contributed by atoms with Gasteiger partial charge in [0.25, 0.3) is 0 Å². The van der Waals surface area contributed by atoms with Gasteiger partial charge in [0.2, 0.25) is 10.0 Å². The topological polar surface area (TPSA) is 87.9 Å². The average molecular weight is 555 g/mol. The first kappa shape index (κ1) is 26.7. The van der Waals surface area contributed by atoms with Crippen molar-refractivity contribution in [2.45, 2.75) is 25.9 Å². The molecule has 0 aliphatic carbocycles. The Morgan fingerprint density at radius 2 is 1.89 bits per heavy atom. The number of halogens is 1. The van der Waals surface area contributed by atoms with Gasteiger partial charge in [-0.1, -0.05) is 35.6 Å². The van der Waals surface area contributed by atoms with Crippen molar-refractivity contribution in [3.8, 4) is 28.8 Å². The molecule has 3 heterocycles. The number of hydrogen-bond acceptors (Lipinski definition) is 6. The van der Waals surface area contributed by atoms with Gasteiger partial charge in [-0.05, 0) is 36.8 Å². The van der Waals surface area contributed by atoms with Crippen LogP contribution in [0.2, 0.25) is 5.02 Å². The van der Waals surface area contributed by atoms with Crippen LogP contribution in [-0.4, -0.2) is 78.2 Å². The zero-order valence-electron chi connectivity index (χ0n) is 21.4. The van der Waals surface area contributed by atoms with E-state index in [9.17, 15) is 13.5 Å². The lowest BCUT2D eigenvalue weighted by Gasteiger charge is -2.27. The number of sulfonamides is 1. The molecule has 1 fully saturated rings. The number of morpholine rings is 1. The van der Waals surface area contributed by atoms with E-state index >= 15 is 0 Å². The first-order valence-electron chi connectivity index (χ1n) is 12.7. The number of phenols is 1. The molecule has 5 rings (SSSR count). The maximum absolute atomic E-state index is 12.4. The minimum atomic E-state index is -3.33. The zero-order chi connectivity index (χ0) is 26.7. The lowest BCUT2D eigenvalue weighted by Crippen LogP contribution is -2.37. The maximum atomic E-state index is 12.4. The Balaban J connectivity index is 1.46. The Labute approximate surface area is 228 Å². The zero-order valence-corrected chi connectivity index (χ0v) is 22.9. The number of nitrogens with zero attached hydrogens (tertiary/aromatic N) is 4. The average Bonchev–Trinajstić information content (AvgIpc) is 3.26. The number of rotatable bonds is 6. The van der Waals surface area contributed by atoms with E-state index in [4.69, 9.17) is 21.4 Å². The van der Waals surface area contributed by atoms with Gasteiger partial charge in [-0.15, -0.1) is 0 Å². The number of hydrogen-bond donors (Lipinski definition) is 1. The number of ether oxygens (including phenoxy) is 1. The van der Waals surface area contributed by atoms with Gasteiger partial charge >= 0.3 is 0 Å². The number of phenolic OH excluding ortho intramolecular Hbond substituents is 1. The number of aryl methyl sites for hydroxylation is 1. The quantitative estimate of drug-likeness (QED) is 0.470. The molecular weight excluding hydrogens is 524 g/mol. The van der Waals surface area contributed by atoms with Crippen LogP contribution in [0.15, 0.2) is 42.5 Å². The third kappa shape index (κ3) is 6.22. The van der Waals surface area contributed by atoms with Crippen LogP contribution in [-0.2, 0) is 34.3 Å². The molecule has 200 valence electrons. The van der Waals surface area contributed by atoms with E-state index in [1.165, 1.54) is 10.6 Å². The second kappa shape index (κ2) is 11.5. The van der Waals surface area contributed by atoms with E-state index in [0.29, 0.717) is 35.7 Å². The molecule has 0 amide bonds. The standard InChI is InChI=1S/C28H31ClN4O4S/c1-38(35,36)32-13-10-27-25(20-32)28(30-33(27)12-3-11-31-14-16-37-17-15-31)23-8-9-26(29)22(19-23)7-6-21-4-2-5-24(34)18-21/h2,4-5,8-9,18-19,34H,3,10-17,20H2,1H3. The second-order valence-electron chi connectivity index (χ2n) is 9.65. The summed E-state index contributed by atoms with van der Waals surface area (Å²) >= 11 is 6.48. The van der Waals surface area contributed by atoms with Crippen molar-refractivity contribution in [1.82, 2.24) is 19.0 Å². The summed E-state index contributed by atoms with van der Waals surface area (Å²) in [6.07, 6.45) is 2.82. The molecule has 2 aliphatic heterocycles. The van der Waals surface area contributed by atoms with Gasteiger partial charge < -0.3 is 9.84 Å².